The fourth-order valence-corrected chi connectivity index (χ4v) is 5.21. The molecule has 7 nitrogen and oxygen atoms in total. The summed E-state index contributed by atoms with van der Waals surface area (Å²) < 4.78 is 52.1. The molecule has 2 aromatic heterocycles. The second kappa shape index (κ2) is 10.8. The van der Waals surface area contributed by atoms with Crippen LogP contribution in [0.25, 0.3) is 28.7 Å². The molecule has 1 aliphatic rings. The molecule has 1 fully saturated rings. The van der Waals surface area contributed by atoms with Crippen LogP contribution in [0.5, 0.6) is 0 Å². The third kappa shape index (κ3) is 5.43. The van der Waals surface area contributed by atoms with Crippen molar-refractivity contribution in [2.45, 2.75) is 6.18 Å². The van der Waals surface area contributed by atoms with Gasteiger partial charge >= 0.3 is 6.18 Å². The number of rotatable bonds is 4. The van der Waals surface area contributed by atoms with Gasteiger partial charge in [0.15, 0.2) is 5.57 Å². The number of nitrogens with zero attached hydrogens (tertiary/aromatic N) is 3. The molecular formula is C28H20F3N3O4S. The van der Waals surface area contributed by atoms with Crippen molar-refractivity contribution in [3.63, 3.8) is 0 Å². The number of para-hydroxylation sites is 1. The molecule has 5 rings (SSSR count). The number of hydrogen-bond donors (Lipinski definition) is 0. The first-order valence-corrected chi connectivity index (χ1v) is 12.7. The second-order valence-electron chi connectivity index (χ2n) is 8.56. The van der Waals surface area contributed by atoms with Gasteiger partial charge in [0.2, 0.25) is 0 Å². The van der Waals surface area contributed by atoms with Gasteiger partial charge in [-0.3, -0.25) is 14.2 Å². The summed E-state index contributed by atoms with van der Waals surface area (Å²) in [6, 6.07) is 18.4. The van der Waals surface area contributed by atoms with E-state index in [-0.39, 0.29) is 31.9 Å². The first-order valence-electron chi connectivity index (χ1n) is 11.8. The van der Waals surface area contributed by atoms with Crippen molar-refractivity contribution >= 4 is 28.9 Å². The van der Waals surface area contributed by atoms with E-state index in [1.165, 1.54) is 39.8 Å². The number of ether oxygens (including phenoxy) is 1. The van der Waals surface area contributed by atoms with E-state index in [1.807, 2.05) is 6.07 Å². The normalized spacial score (nSPS) is 15.2. The number of nitriles is 1. The molecule has 0 spiro atoms. The van der Waals surface area contributed by atoms with Gasteiger partial charge in [0.1, 0.15) is 22.3 Å². The highest BCUT2D eigenvalue weighted by Gasteiger charge is 2.30. The van der Waals surface area contributed by atoms with Crippen molar-refractivity contribution in [3.05, 3.63) is 97.6 Å². The number of alkyl halides is 3. The lowest BCUT2D eigenvalue weighted by molar-refractivity contribution is -0.137. The van der Waals surface area contributed by atoms with Crippen LogP contribution < -0.4 is 14.8 Å². The maximum atomic E-state index is 13.6. The smallest absolute Gasteiger partial charge is 0.416 e. The quantitative estimate of drug-likeness (QED) is 0.387. The van der Waals surface area contributed by atoms with Gasteiger partial charge in [0.05, 0.1) is 29.0 Å². The predicted octanol–water partition coefficient (Wildman–Crippen LogP) is 3.54. The molecule has 0 bridgehead atoms. The van der Waals surface area contributed by atoms with E-state index in [0.717, 1.165) is 23.5 Å². The maximum absolute atomic E-state index is 13.6. The lowest BCUT2D eigenvalue weighted by Crippen LogP contribution is -2.42. The molecule has 1 saturated heterocycles. The summed E-state index contributed by atoms with van der Waals surface area (Å²) in [5.41, 5.74) is -0.748. The van der Waals surface area contributed by atoms with Gasteiger partial charge in [-0.05, 0) is 36.4 Å². The van der Waals surface area contributed by atoms with Crippen molar-refractivity contribution in [2.75, 3.05) is 26.3 Å². The Balaban J connectivity index is 1.64. The van der Waals surface area contributed by atoms with Gasteiger partial charge in [-0.2, -0.15) is 18.4 Å². The van der Waals surface area contributed by atoms with E-state index < -0.39 is 23.2 Å². The zero-order valence-corrected chi connectivity index (χ0v) is 21.1. The molecule has 39 heavy (non-hydrogen) atoms. The van der Waals surface area contributed by atoms with Crippen molar-refractivity contribution in [3.8, 4) is 23.1 Å². The van der Waals surface area contributed by atoms with Gasteiger partial charge in [0.25, 0.3) is 11.5 Å². The van der Waals surface area contributed by atoms with E-state index in [2.05, 4.69) is 0 Å². The number of carbonyl (C=O) groups is 1. The van der Waals surface area contributed by atoms with Gasteiger partial charge in [-0.1, -0.05) is 30.3 Å². The summed E-state index contributed by atoms with van der Waals surface area (Å²) in [4.78, 5) is 28.3. The van der Waals surface area contributed by atoms with E-state index in [4.69, 9.17) is 9.15 Å². The van der Waals surface area contributed by atoms with Crippen LogP contribution in [0.4, 0.5) is 13.2 Å². The standard InChI is InChI=1S/C28H20F3N3O4S/c29-28(30,31)19-6-4-5-18(15-19)23-10-9-21(38-23)16-24-26(36)34(20-7-2-1-3-8-20)27(39-24)22(17-32)25(35)33-11-13-37-14-12-33/h1-10,15-16H,11-14H2. The summed E-state index contributed by atoms with van der Waals surface area (Å²) in [6.07, 6.45) is -3.05. The molecule has 0 aliphatic carbocycles. The van der Waals surface area contributed by atoms with Crippen molar-refractivity contribution in [1.29, 1.82) is 5.26 Å². The molecule has 11 heteroatoms. The average molecular weight is 552 g/mol. The Morgan fingerprint density at radius 1 is 1.03 bits per heavy atom. The van der Waals surface area contributed by atoms with E-state index in [9.17, 15) is 28.0 Å². The van der Waals surface area contributed by atoms with E-state index in [1.54, 1.807) is 30.3 Å². The van der Waals surface area contributed by atoms with Crippen LogP contribution in [0.1, 0.15) is 11.3 Å². The molecule has 0 unspecified atom stereocenters. The molecule has 0 saturated carbocycles. The third-order valence-electron chi connectivity index (χ3n) is 6.05. The Kier molecular flexibility index (Phi) is 7.24. The van der Waals surface area contributed by atoms with Gasteiger partial charge in [-0.25, -0.2) is 0 Å². The van der Waals surface area contributed by atoms with Crippen LogP contribution >= 0.6 is 11.3 Å². The number of halogens is 3. The number of furan rings is 1. The highest BCUT2D eigenvalue weighted by atomic mass is 32.1. The second-order valence-corrected chi connectivity index (χ2v) is 9.59. The Labute approximate surface area is 223 Å². The first kappa shape index (κ1) is 26.2. The molecule has 2 aromatic carbocycles. The minimum absolute atomic E-state index is 0.168. The fraction of sp³-hybridized carbons (Fsp3) is 0.179. The minimum Gasteiger partial charge on any atom is -0.457 e. The van der Waals surface area contributed by atoms with E-state index >= 15 is 0 Å². The van der Waals surface area contributed by atoms with Crippen molar-refractivity contribution in [1.82, 2.24) is 9.47 Å². The summed E-state index contributed by atoms with van der Waals surface area (Å²) >= 11 is 0.960. The number of hydrogen-bond acceptors (Lipinski definition) is 6. The largest absolute Gasteiger partial charge is 0.457 e. The van der Waals surface area contributed by atoms with Crippen LogP contribution in [0.3, 0.4) is 0 Å². The van der Waals surface area contributed by atoms with Crippen LogP contribution in [0.2, 0.25) is 0 Å². The summed E-state index contributed by atoms with van der Waals surface area (Å²) in [6.45, 7) is 1.36. The van der Waals surface area contributed by atoms with Gasteiger partial charge in [0, 0.05) is 24.7 Å². The van der Waals surface area contributed by atoms with E-state index in [0.29, 0.717) is 32.0 Å². The zero-order valence-electron chi connectivity index (χ0n) is 20.3. The van der Waals surface area contributed by atoms with Crippen molar-refractivity contribution in [2.24, 2.45) is 0 Å². The Bertz CT molecular complexity index is 1740. The topological polar surface area (TPSA) is 88.5 Å². The predicted molar refractivity (Wildman–Crippen MR) is 138 cm³/mol. The van der Waals surface area contributed by atoms with Gasteiger partial charge in [-0.15, -0.1) is 11.3 Å². The third-order valence-corrected chi connectivity index (χ3v) is 7.14. The van der Waals surface area contributed by atoms with Crippen molar-refractivity contribution < 1.29 is 27.1 Å². The molecule has 1 aliphatic heterocycles. The fourth-order valence-electron chi connectivity index (χ4n) is 4.14. The number of aromatic nitrogens is 1. The van der Waals surface area contributed by atoms with Crippen LogP contribution in [-0.2, 0) is 15.7 Å². The molecule has 1 amide bonds. The highest BCUT2D eigenvalue weighted by molar-refractivity contribution is 7.07. The monoisotopic (exact) mass is 551 g/mol. The molecule has 4 aromatic rings. The summed E-state index contributed by atoms with van der Waals surface area (Å²) in [7, 11) is 0. The van der Waals surface area contributed by atoms with Gasteiger partial charge < -0.3 is 14.1 Å². The maximum Gasteiger partial charge on any atom is 0.416 e. The molecule has 198 valence electrons. The number of amides is 1. The van der Waals surface area contributed by atoms with Crippen LogP contribution in [0.15, 0.2) is 75.9 Å². The molecule has 0 N–H and O–H groups in total. The first-order chi connectivity index (χ1) is 18.8. The number of thiazole rings is 1. The Hall–Kier alpha value is -4.40. The Morgan fingerprint density at radius 3 is 2.46 bits per heavy atom. The Morgan fingerprint density at radius 2 is 1.77 bits per heavy atom. The highest BCUT2D eigenvalue weighted by Crippen LogP contribution is 2.32. The molecular weight excluding hydrogens is 531 g/mol. The lowest BCUT2D eigenvalue weighted by Gasteiger charge is -2.26. The summed E-state index contributed by atoms with van der Waals surface area (Å²) in [5.74, 6) is -0.0760. The number of benzene rings is 2. The SMILES string of the molecule is N#CC(C(=O)N1CCOCC1)=c1sc(=Cc2ccc(-c3cccc(C(F)(F)F)c3)o2)c(=O)n1-c1ccccc1. The molecule has 3 heterocycles. The summed E-state index contributed by atoms with van der Waals surface area (Å²) in [5, 5.41) is 9.97. The van der Waals surface area contributed by atoms with Crippen LogP contribution in [-0.4, -0.2) is 41.7 Å². The molecule has 0 radical (unpaired) electrons. The molecule has 0 atom stereocenters. The number of morpholine rings is 1. The number of carbonyl (C=O) groups excluding carboxylic acids is 1. The lowest BCUT2D eigenvalue weighted by atomic mass is 10.1. The average Bonchev–Trinajstić information content (AvgIpc) is 3.54. The minimum atomic E-state index is -4.50. The zero-order chi connectivity index (χ0) is 27.6. The van der Waals surface area contributed by atoms with Crippen LogP contribution in [0, 0.1) is 11.3 Å².